The molecule has 69 heavy (non-hydrogen) atoms. The number of aryl methyl sites for hydroxylation is 3. The third-order valence-corrected chi connectivity index (χ3v) is 16.8. The molecule has 3 aliphatic heterocycles. The van der Waals surface area contributed by atoms with Gasteiger partial charge < -0.3 is 19.1 Å². The maximum absolute atomic E-state index is 2.83. The van der Waals surface area contributed by atoms with Crippen molar-refractivity contribution in [2.24, 2.45) is 0 Å². The highest BCUT2D eigenvalue weighted by molar-refractivity contribution is 6.99. The first-order chi connectivity index (χ1) is 34.0. The number of fused-ring (bicyclic) bond motifs is 13. The molecule has 0 saturated heterocycles. The zero-order chi connectivity index (χ0) is 45.6. The molecule has 5 heterocycles. The van der Waals surface area contributed by atoms with Gasteiger partial charge in [-0.2, -0.15) is 0 Å². The quantitative estimate of drug-likeness (QED) is 0.164. The maximum Gasteiger partial charge on any atom is 0.247 e. The summed E-state index contributed by atoms with van der Waals surface area (Å²) in [6.45, 7) is 7.09. The average Bonchev–Trinajstić information content (AvgIpc) is 3.91. The molecule has 4 aliphatic rings. The normalized spacial score (nSPS) is 18.2. The Balaban J connectivity index is 1.11. The van der Waals surface area contributed by atoms with E-state index in [4.69, 9.17) is 0 Å². The largest absolute Gasteiger partial charge is 0.339 e. The first-order valence-electron chi connectivity index (χ1n) is 25.1. The van der Waals surface area contributed by atoms with Crippen LogP contribution in [0.1, 0.15) is 36.0 Å². The van der Waals surface area contributed by atoms with E-state index >= 15 is 0 Å². The fourth-order valence-electron chi connectivity index (χ4n) is 14.5. The summed E-state index contributed by atoms with van der Waals surface area (Å²) < 4.78 is 2.57. The number of rotatable bonds is 4. The van der Waals surface area contributed by atoms with E-state index in [0.29, 0.717) is 5.82 Å². The van der Waals surface area contributed by atoms with Gasteiger partial charge in [0.05, 0.1) is 16.6 Å². The van der Waals surface area contributed by atoms with Crippen LogP contribution in [-0.2, 0) is 0 Å². The van der Waals surface area contributed by atoms with Crippen LogP contribution in [0.2, 0.25) is 5.82 Å². The number of para-hydroxylation sites is 6. The molecule has 0 radical (unpaired) electrons. The third kappa shape index (κ3) is 5.38. The molecular formula is C63H50B2N4. The molecule has 2 aromatic heterocycles. The second-order valence-electron chi connectivity index (χ2n) is 20.4. The van der Waals surface area contributed by atoms with Crippen LogP contribution in [-0.4, -0.2) is 29.9 Å². The number of aromatic nitrogens is 1. The Hall–Kier alpha value is -7.69. The van der Waals surface area contributed by atoms with Crippen molar-refractivity contribution in [1.29, 1.82) is 0 Å². The van der Waals surface area contributed by atoms with Crippen molar-refractivity contribution in [2.45, 2.75) is 57.9 Å². The molecule has 9 aromatic carbocycles. The summed E-state index contributed by atoms with van der Waals surface area (Å²) in [6, 6.07) is 74.9. The third-order valence-electron chi connectivity index (χ3n) is 16.8. The summed E-state index contributed by atoms with van der Waals surface area (Å²) in [6.07, 6.45) is 3.43. The molecule has 0 amide bonds. The molecule has 11 aromatic rings. The number of hydrogen-bond donors (Lipinski definition) is 0. The first-order valence-corrected chi connectivity index (χ1v) is 25.1. The van der Waals surface area contributed by atoms with Crippen LogP contribution in [0.25, 0.3) is 38.1 Å². The molecular weight excluding hydrogens is 834 g/mol. The van der Waals surface area contributed by atoms with Crippen molar-refractivity contribution in [3.63, 3.8) is 0 Å². The Kier molecular flexibility index (Phi) is 8.35. The minimum atomic E-state index is 0.0479. The van der Waals surface area contributed by atoms with E-state index in [-0.39, 0.29) is 25.5 Å². The topological polar surface area (TPSA) is 14.1 Å². The van der Waals surface area contributed by atoms with E-state index in [1.54, 1.807) is 0 Å². The van der Waals surface area contributed by atoms with Crippen molar-refractivity contribution >= 4 is 119 Å². The molecule has 0 bridgehead atoms. The molecule has 15 rings (SSSR count). The molecule has 6 heteroatoms. The number of nitrogens with zero attached hydrogens (tertiary/aromatic N) is 4. The van der Waals surface area contributed by atoms with Gasteiger partial charge in [-0.05, 0) is 134 Å². The molecule has 3 unspecified atom stereocenters. The van der Waals surface area contributed by atoms with Crippen LogP contribution in [0.4, 0.5) is 39.8 Å². The second-order valence-corrected chi connectivity index (χ2v) is 20.4. The van der Waals surface area contributed by atoms with Gasteiger partial charge in [-0.1, -0.05) is 150 Å². The van der Waals surface area contributed by atoms with E-state index in [9.17, 15) is 0 Å². The monoisotopic (exact) mass is 884 g/mol. The van der Waals surface area contributed by atoms with Gasteiger partial charge in [0.2, 0.25) is 13.4 Å². The Bertz CT molecular complexity index is 3840. The van der Waals surface area contributed by atoms with Gasteiger partial charge in [0.25, 0.3) is 0 Å². The Morgan fingerprint density at radius 3 is 1.72 bits per heavy atom. The zero-order valence-electron chi connectivity index (χ0n) is 39.3. The maximum atomic E-state index is 2.83. The van der Waals surface area contributed by atoms with E-state index < -0.39 is 0 Å². The van der Waals surface area contributed by atoms with E-state index in [0.717, 1.165) is 19.3 Å². The van der Waals surface area contributed by atoms with Gasteiger partial charge in [0.15, 0.2) is 0 Å². The number of benzene rings is 9. The molecule has 0 N–H and O–H groups in total. The van der Waals surface area contributed by atoms with Crippen LogP contribution in [0, 0.1) is 20.8 Å². The van der Waals surface area contributed by atoms with Crippen molar-refractivity contribution < 1.29 is 0 Å². The van der Waals surface area contributed by atoms with Crippen LogP contribution in [0.5, 0.6) is 0 Å². The second kappa shape index (κ2) is 14.7. The van der Waals surface area contributed by atoms with Gasteiger partial charge in [-0.3, -0.25) is 0 Å². The molecule has 328 valence electrons. The Labute approximate surface area is 404 Å². The number of hydrogen-bond acceptors (Lipinski definition) is 3. The predicted octanol–water partition coefficient (Wildman–Crippen LogP) is 12.3. The zero-order valence-corrected chi connectivity index (χ0v) is 39.3. The van der Waals surface area contributed by atoms with E-state index in [1.165, 1.54) is 122 Å². The molecule has 1 fully saturated rings. The van der Waals surface area contributed by atoms with Gasteiger partial charge in [-0.15, -0.1) is 0 Å². The number of anilines is 7. The van der Waals surface area contributed by atoms with Gasteiger partial charge in [0, 0.05) is 73.4 Å². The molecule has 3 atom stereocenters. The highest BCUT2D eigenvalue weighted by atomic mass is 15.2. The summed E-state index contributed by atoms with van der Waals surface area (Å²) in [5.41, 5.74) is 23.9. The summed E-state index contributed by atoms with van der Waals surface area (Å²) >= 11 is 0. The van der Waals surface area contributed by atoms with Crippen molar-refractivity contribution in [3.8, 4) is 0 Å². The summed E-state index contributed by atoms with van der Waals surface area (Å²) in [7, 11) is 0. The predicted molar refractivity (Wildman–Crippen MR) is 295 cm³/mol. The van der Waals surface area contributed by atoms with Crippen LogP contribution < -0.4 is 42.0 Å². The van der Waals surface area contributed by atoms with Crippen LogP contribution >= 0.6 is 0 Å². The molecule has 4 nitrogen and oxygen atoms in total. The van der Waals surface area contributed by atoms with Gasteiger partial charge >= 0.3 is 0 Å². The van der Waals surface area contributed by atoms with Gasteiger partial charge in [0.1, 0.15) is 0 Å². The van der Waals surface area contributed by atoms with E-state index in [2.05, 4.69) is 234 Å². The van der Waals surface area contributed by atoms with Crippen LogP contribution in [0.3, 0.4) is 0 Å². The molecule has 0 spiro atoms. The molecule has 1 saturated carbocycles. The SMILES string of the molecule is Cc1cc(C)c(B2c3ccccc3N(c3ccccc3)c3cc4c(cc32)N(c2ccccc2)C2CCCC3C2B4c2cc4c5ccccc5n5c6ccccc6c(c2N3c2ccccc2)c45)c(C)c1. The Morgan fingerprint density at radius 1 is 0.449 bits per heavy atom. The van der Waals surface area contributed by atoms with E-state index in [1.807, 2.05) is 0 Å². The summed E-state index contributed by atoms with van der Waals surface area (Å²) in [5.74, 6) is 0.310. The van der Waals surface area contributed by atoms with Crippen molar-refractivity contribution in [2.75, 3.05) is 14.7 Å². The fraction of sp³-hybridized carbons (Fsp3) is 0.143. The van der Waals surface area contributed by atoms with Crippen LogP contribution in [0.15, 0.2) is 194 Å². The van der Waals surface area contributed by atoms with Gasteiger partial charge in [-0.25, -0.2) is 0 Å². The highest BCUT2D eigenvalue weighted by Crippen LogP contribution is 2.55. The smallest absolute Gasteiger partial charge is 0.247 e. The summed E-state index contributed by atoms with van der Waals surface area (Å²) in [5, 5.41) is 5.39. The highest BCUT2D eigenvalue weighted by Gasteiger charge is 2.56. The lowest BCUT2D eigenvalue weighted by Gasteiger charge is -2.58. The Morgan fingerprint density at radius 2 is 1.01 bits per heavy atom. The minimum Gasteiger partial charge on any atom is -0.339 e. The average molecular weight is 885 g/mol. The van der Waals surface area contributed by atoms with Crippen molar-refractivity contribution in [1.82, 2.24) is 4.40 Å². The lowest BCUT2D eigenvalue weighted by atomic mass is 9.26. The molecule has 1 aliphatic carbocycles. The fourth-order valence-corrected chi connectivity index (χ4v) is 14.5. The van der Waals surface area contributed by atoms with Crippen molar-refractivity contribution in [3.05, 3.63) is 211 Å². The lowest BCUT2D eigenvalue weighted by molar-refractivity contribution is 0.377. The minimum absolute atomic E-state index is 0.0479. The first kappa shape index (κ1) is 39.3. The lowest BCUT2D eigenvalue weighted by Crippen LogP contribution is -2.69. The summed E-state index contributed by atoms with van der Waals surface area (Å²) in [4.78, 5) is 8.24. The standard InChI is InChI=1S/C63H50B2N4/c1-39-34-40(2)60(41(3)35-39)64-48-28-15-18-31-54(48)66(42-20-7-4-8-21-42)57-38-50-58(37-49(57)64)67(43-22-9-5-10-23-43)55-32-19-33-56-61(55)65(50)51-36-47-45-26-13-16-29-52(45)69-53-30-17-14-27-46(53)59(62(47)69)63(51)68(56)44-24-11-6-12-25-44/h4-18,20-31,34-38,55-56,61H,19,32-33H2,1-3H3.